The summed E-state index contributed by atoms with van der Waals surface area (Å²) in [5, 5.41) is 1.76. The number of halogens is 1. The second-order valence-corrected chi connectivity index (χ2v) is 7.84. The highest BCUT2D eigenvalue weighted by atomic mass is 79.9. The van der Waals surface area contributed by atoms with E-state index in [1.54, 1.807) is 30.6 Å². The quantitative estimate of drug-likeness (QED) is 0.851. The first kappa shape index (κ1) is 13.6. The molecule has 6 heteroatoms. The van der Waals surface area contributed by atoms with Crippen molar-refractivity contribution in [2.45, 2.75) is 11.1 Å². The Balaban J connectivity index is 2.43. The molecule has 2 rings (SSSR count). The zero-order valence-corrected chi connectivity index (χ0v) is 13.1. The van der Waals surface area contributed by atoms with Crippen LogP contribution in [0.1, 0.15) is 5.56 Å². The maximum Gasteiger partial charge on any atom is 0.273 e. The molecule has 1 aromatic heterocycles. The number of hydrogen-bond donors (Lipinski definition) is 0. The molecule has 1 aromatic carbocycles. The SMILES string of the molecule is Cc1cc(N(C)S(=O)(=O)c2cccs2)ccc1Br. The maximum absolute atomic E-state index is 12.3. The number of sulfonamides is 1. The summed E-state index contributed by atoms with van der Waals surface area (Å²) >= 11 is 4.62. The second-order valence-electron chi connectivity index (χ2n) is 3.84. The smallest absolute Gasteiger partial charge is 0.269 e. The highest BCUT2D eigenvalue weighted by Crippen LogP contribution is 2.27. The van der Waals surface area contributed by atoms with Crippen LogP contribution in [0.25, 0.3) is 0 Å². The lowest BCUT2D eigenvalue weighted by atomic mass is 10.2. The van der Waals surface area contributed by atoms with Gasteiger partial charge in [-0.15, -0.1) is 11.3 Å². The van der Waals surface area contributed by atoms with E-state index >= 15 is 0 Å². The minimum absolute atomic E-state index is 0.352. The molecule has 0 amide bonds. The van der Waals surface area contributed by atoms with Gasteiger partial charge in [0.15, 0.2) is 0 Å². The first-order valence-electron chi connectivity index (χ1n) is 5.21. The summed E-state index contributed by atoms with van der Waals surface area (Å²) in [4.78, 5) is 0. The third-order valence-corrected chi connectivity index (χ3v) is 6.66. The molecule has 3 nitrogen and oxygen atoms in total. The summed E-state index contributed by atoms with van der Waals surface area (Å²) < 4.78 is 27.3. The van der Waals surface area contributed by atoms with E-state index in [0.29, 0.717) is 9.90 Å². The van der Waals surface area contributed by atoms with E-state index in [0.717, 1.165) is 10.0 Å². The fraction of sp³-hybridized carbons (Fsp3) is 0.167. The van der Waals surface area contributed by atoms with E-state index in [4.69, 9.17) is 0 Å². The van der Waals surface area contributed by atoms with Crippen LogP contribution in [0.15, 0.2) is 44.4 Å². The Labute approximate surface area is 119 Å². The summed E-state index contributed by atoms with van der Waals surface area (Å²) in [6, 6.07) is 8.82. The van der Waals surface area contributed by atoms with Gasteiger partial charge in [-0.2, -0.15) is 0 Å². The molecular weight excluding hydrogens is 334 g/mol. The van der Waals surface area contributed by atoms with Crippen LogP contribution in [0.3, 0.4) is 0 Å². The summed E-state index contributed by atoms with van der Waals surface area (Å²) in [5.74, 6) is 0. The molecule has 96 valence electrons. The Morgan fingerprint density at radius 3 is 2.56 bits per heavy atom. The van der Waals surface area contributed by atoms with E-state index < -0.39 is 10.0 Å². The van der Waals surface area contributed by atoms with Crippen molar-refractivity contribution in [2.24, 2.45) is 0 Å². The number of thiophene rings is 1. The van der Waals surface area contributed by atoms with Gasteiger partial charge in [0.2, 0.25) is 0 Å². The summed E-state index contributed by atoms with van der Waals surface area (Å²) in [7, 11) is -1.87. The van der Waals surface area contributed by atoms with Gasteiger partial charge < -0.3 is 0 Å². The monoisotopic (exact) mass is 345 g/mol. The van der Waals surface area contributed by atoms with Crippen molar-refractivity contribution in [3.05, 3.63) is 45.7 Å². The normalized spacial score (nSPS) is 11.5. The predicted octanol–water partition coefficient (Wildman–Crippen LogP) is 3.64. The van der Waals surface area contributed by atoms with Crippen LogP contribution < -0.4 is 4.31 Å². The molecule has 0 saturated heterocycles. The van der Waals surface area contributed by atoms with E-state index in [2.05, 4.69) is 15.9 Å². The lowest BCUT2D eigenvalue weighted by Gasteiger charge is -2.19. The van der Waals surface area contributed by atoms with Gasteiger partial charge in [0.25, 0.3) is 10.0 Å². The highest BCUT2D eigenvalue weighted by molar-refractivity contribution is 9.10. The van der Waals surface area contributed by atoms with Crippen molar-refractivity contribution in [2.75, 3.05) is 11.4 Å². The average Bonchev–Trinajstić information content (AvgIpc) is 2.86. The summed E-state index contributed by atoms with van der Waals surface area (Å²) in [6.45, 7) is 1.93. The van der Waals surface area contributed by atoms with Crippen molar-refractivity contribution in [3.63, 3.8) is 0 Å². The van der Waals surface area contributed by atoms with E-state index in [1.165, 1.54) is 15.6 Å². The number of rotatable bonds is 3. The summed E-state index contributed by atoms with van der Waals surface area (Å²) in [5.41, 5.74) is 1.66. The maximum atomic E-state index is 12.3. The minimum Gasteiger partial charge on any atom is -0.269 e. The number of benzene rings is 1. The molecule has 0 saturated carbocycles. The third-order valence-electron chi connectivity index (χ3n) is 2.61. The lowest BCUT2D eigenvalue weighted by Crippen LogP contribution is -2.25. The van der Waals surface area contributed by atoms with Crippen molar-refractivity contribution < 1.29 is 8.42 Å². The topological polar surface area (TPSA) is 37.4 Å². The van der Waals surface area contributed by atoms with Crippen LogP contribution in [0.2, 0.25) is 0 Å². The highest BCUT2D eigenvalue weighted by Gasteiger charge is 2.22. The summed E-state index contributed by atoms with van der Waals surface area (Å²) in [6.07, 6.45) is 0. The molecule has 0 unspecified atom stereocenters. The first-order chi connectivity index (χ1) is 8.43. The van der Waals surface area contributed by atoms with Crippen LogP contribution in [-0.2, 0) is 10.0 Å². The van der Waals surface area contributed by atoms with Crippen LogP contribution in [0, 0.1) is 6.92 Å². The van der Waals surface area contributed by atoms with Gasteiger partial charge in [0, 0.05) is 11.5 Å². The van der Waals surface area contributed by atoms with Gasteiger partial charge in [-0.05, 0) is 42.1 Å². The van der Waals surface area contributed by atoms with Crippen LogP contribution in [-0.4, -0.2) is 15.5 Å². The second kappa shape index (κ2) is 5.03. The van der Waals surface area contributed by atoms with Gasteiger partial charge in [0.05, 0.1) is 5.69 Å². The Kier molecular flexibility index (Phi) is 3.79. The van der Waals surface area contributed by atoms with Gasteiger partial charge in [-0.3, -0.25) is 4.31 Å². The molecule has 0 radical (unpaired) electrons. The van der Waals surface area contributed by atoms with Crippen molar-refractivity contribution in [1.29, 1.82) is 0 Å². The third kappa shape index (κ3) is 2.46. The number of anilines is 1. The van der Waals surface area contributed by atoms with Gasteiger partial charge >= 0.3 is 0 Å². The van der Waals surface area contributed by atoms with Crippen molar-refractivity contribution >= 4 is 43.0 Å². The van der Waals surface area contributed by atoms with Gasteiger partial charge in [-0.25, -0.2) is 8.42 Å². The number of aryl methyl sites for hydroxylation is 1. The van der Waals surface area contributed by atoms with E-state index in [1.807, 2.05) is 19.1 Å². The molecule has 0 bridgehead atoms. The zero-order valence-electron chi connectivity index (χ0n) is 9.92. The Hall–Kier alpha value is -0.850. The first-order valence-corrected chi connectivity index (χ1v) is 8.33. The number of hydrogen-bond acceptors (Lipinski definition) is 3. The molecule has 0 spiro atoms. The predicted molar refractivity (Wildman–Crippen MR) is 78.8 cm³/mol. The Morgan fingerprint density at radius 2 is 2.00 bits per heavy atom. The molecular formula is C12H12BrNO2S2. The molecule has 0 N–H and O–H groups in total. The van der Waals surface area contributed by atoms with Gasteiger partial charge in [0.1, 0.15) is 4.21 Å². The van der Waals surface area contributed by atoms with Crippen molar-refractivity contribution in [1.82, 2.24) is 0 Å². The number of nitrogens with zero attached hydrogens (tertiary/aromatic N) is 1. The minimum atomic E-state index is -3.44. The van der Waals surface area contributed by atoms with Crippen LogP contribution >= 0.6 is 27.3 Å². The van der Waals surface area contributed by atoms with E-state index in [-0.39, 0.29) is 0 Å². The van der Waals surface area contributed by atoms with Crippen LogP contribution in [0.4, 0.5) is 5.69 Å². The molecule has 2 aromatic rings. The fourth-order valence-corrected chi connectivity index (χ4v) is 4.10. The molecule has 18 heavy (non-hydrogen) atoms. The average molecular weight is 346 g/mol. The molecule has 1 heterocycles. The standard InChI is InChI=1S/C12H12BrNO2S2/c1-9-8-10(5-6-11(9)13)14(2)18(15,16)12-4-3-7-17-12/h3-8H,1-2H3. The van der Waals surface area contributed by atoms with E-state index in [9.17, 15) is 8.42 Å². The molecule has 0 atom stereocenters. The largest absolute Gasteiger partial charge is 0.273 e. The lowest BCUT2D eigenvalue weighted by molar-refractivity contribution is 0.596. The van der Waals surface area contributed by atoms with Crippen LogP contribution in [0.5, 0.6) is 0 Å². The molecule has 0 aliphatic carbocycles. The Morgan fingerprint density at radius 1 is 1.28 bits per heavy atom. The molecule has 0 fully saturated rings. The molecule has 0 aliphatic heterocycles. The van der Waals surface area contributed by atoms with Gasteiger partial charge in [-0.1, -0.05) is 22.0 Å². The molecule has 0 aliphatic rings. The Bertz CT molecular complexity index is 651. The zero-order chi connectivity index (χ0) is 13.3. The fourth-order valence-electron chi connectivity index (χ4n) is 1.51. The van der Waals surface area contributed by atoms with Crippen molar-refractivity contribution in [3.8, 4) is 0 Å².